The molecule has 2 unspecified atom stereocenters. The number of halogens is 1. The summed E-state index contributed by atoms with van der Waals surface area (Å²) in [7, 11) is 0. The molecular formula is C26H28ClN7O5. The third kappa shape index (κ3) is 6.54. The average molecular weight is 554 g/mol. The zero-order valence-electron chi connectivity index (χ0n) is 21.3. The van der Waals surface area contributed by atoms with E-state index < -0.39 is 30.2 Å². The molecule has 0 spiro atoms. The largest absolute Gasteiger partial charge is 0.456 e. The molecular weight excluding hydrogens is 526 g/mol. The van der Waals surface area contributed by atoms with Gasteiger partial charge in [-0.3, -0.25) is 9.69 Å². The van der Waals surface area contributed by atoms with Crippen molar-refractivity contribution in [3.05, 3.63) is 88.1 Å². The first-order chi connectivity index (χ1) is 18.7. The zero-order valence-corrected chi connectivity index (χ0v) is 22.0. The van der Waals surface area contributed by atoms with E-state index in [9.17, 15) is 19.3 Å². The van der Waals surface area contributed by atoms with Crippen LogP contribution in [0.5, 0.6) is 5.75 Å². The van der Waals surface area contributed by atoms with E-state index in [0.29, 0.717) is 22.2 Å². The SMILES string of the molecule is CC1C=CC(Oc2ccc(NC3N(N)C(=O)N(C[C@H](C)C(=O)N=O)C(=O)N3Cc3ccc(Cl)cc3)cc2)=CN1. The van der Waals surface area contributed by atoms with E-state index >= 15 is 0 Å². The van der Waals surface area contributed by atoms with Crippen molar-refractivity contribution in [2.45, 2.75) is 32.7 Å². The Bertz CT molecular complexity index is 1300. The van der Waals surface area contributed by atoms with Crippen LogP contribution in [0.15, 0.2) is 77.8 Å². The Hall–Kier alpha value is -4.42. The van der Waals surface area contributed by atoms with Crippen molar-refractivity contribution in [2.75, 3.05) is 11.9 Å². The van der Waals surface area contributed by atoms with Gasteiger partial charge in [-0.05, 0) is 55.0 Å². The van der Waals surface area contributed by atoms with Crippen LogP contribution in [0.4, 0.5) is 15.3 Å². The molecule has 4 rings (SSSR count). The molecule has 13 heteroatoms. The highest BCUT2D eigenvalue weighted by molar-refractivity contribution is 6.30. The quantitative estimate of drug-likeness (QED) is 0.240. The lowest BCUT2D eigenvalue weighted by molar-refractivity contribution is -0.121. The zero-order chi connectivity index (χ0) is 28.1. The molecule has 1 saturated heterocycles. The third-order valence-electron chi connectivity index (χ3n) is 6.14. The standard InChI is InChI=1S/C26H28ClN7O5/c1-16(23(35)31-38)14-33-25(36)32(15-18-4-6-19(27)7-5-18)24(34(28)26(33)37)30-20-8-11-21(12-9-20)39-22-10-3-17(2)29-13-22/h3-13,16-17,24,29-30H,14-15,28H2,1-2H3/t16-,17?,24?/m0/s1. The van der Waals surface area contributed by atoms with Crippen molar-refractivity contribution in [3.63, 3.8) is 0 Å². The number of anilines is 1. The number of hydrazine groups is 1. The Labute approximate surface area is 229 Å². The van der Waals surface area contributed by atoms with Gasteiger partial charge >= 0.3 is 12.1 Å². The van der Waals surface area contributed by atoms with Crippen molar-refractivity contribution in [3.8, 4) is 5.75 Å². The third-order valence-corrected chi connectivity index (χ3v) is 6.40. The minimum Gasteiger partial charge on any atom is -0.456 e. The molecule has 39 heavy (non-hydrogen) atoms. The predicted molar refractivity (Wildman–Crippen MR) is 145 cm³/mol. The Morgan fingerprint density at radius 3 is 2.46 bits per heavy atom. The maximum atomic E-state index is 13.5. The Morgan fingerprint density at radius 1 is 1.15 bits per heavy atom. The highest BCUT2D eigenvalue weighted by Gasteiger charge is 2.44. The number of amides is 5. The summed E-state index contributed by atoms with van der Waals surface area (Å²) in [5.41, 5.74) is 1.29. The fraction of sp³-hybridized carbons (Fsp3) is 0.269. The maximum absolute atomic E-state index is 13.5. The highest BCUT2D eigenvalue weighted by Crippen LogP contribution is 2.25. The number of dihydropyridines is 1. The molecule has 204 valence electrons. The van der Waals surface area contributed by atoms with Gasteiger partial charge in [0, 0.05) is 34.7 Å². The molecule has 2 aliphatic rings. The van der Waals surface area contributed by atoms with Gasteiger partial charge in [-0.25, -0.2) is 25.3 Å². The molecule has 0 bridgehead atoms. The molecule has 2 heterocycles. The summed E-state index contributed by atoms with van der Waals surface area (Å²) in [6, 6.07) is 12.5. The number of rotatable bonds is 9. The van der Waals surface area contributed by atoms with Crippen LogP contribution in [0.3, 0.4) is 0 Å². The van der Waals surface area contributed by atoms with Gasteiger partial charge < -0.3 is 15.4 Å². The molecule has 2 aromatic carbocycles. The van der Waals surface area contributed by atoms with Gasteiger partial charge in [0.2, 0.25) is 6.29 Å². The number of nitrogens with one attached hydrogen (secondary N) is 2. The van der Waals surface area contributed by atoms with Gasteiger partial charge in [0.05, 0.1) is 12.5 Å². The minimum atomic E-state index is -1.08. The average Bonchev–Trinajstić information content (AvgIpc) is 2.94. The first-order valence-corrected chi connectivity index (χ1v) is 12.5. The van der Waals surface area contributed by atoms with Crippen LogP contribution in [0.1, 0.15) is 19.4 Å². The number of carbonyl (C=O) groups is 3. The second-order valence-corrected chi connectivity index (χ2v) is 9.61. The molecule has 0 aromatic heterocycles. The van der Waals surface area contributed by atoms with E-state index in [1.54, 1.807) is 54.7 Å². The summed E-state index contributed by atoms with van der Waals surface area (Å²) >= 11 is 6.00. The van der Waals surface area contributed by atoms with Gasteiger partial charge in [-0.15, -0.1) is 4.91 Å². The van der Waals surface area contributed by atoms with E-state index in [1.807, 2.05) is 19.1 Å². The van der Waals surface area contributed by atoms with Gasteiger partial charge in [0.15, 0.2) is 0 Å². The van der Waals surface area contributed by atoms with Crippen molar-refractivity contribution < 1.29 is 19.1 Å². The first kappa shape index (κ1) is 27.6. The first-order valence-electron chi connectivity index (χ1n) is 12.1. The van der Waals surface area contributed by atoms with Crippen LogP contribution in [0.25, 0.3) is 0 Å². The Morgan fingerprint density at radius 2 is 1.85 bits per heavy atom. The number of nitrogens with zero attached hydrogens (tertiary/aromatic N) is 4. The summed E-state index contributed by atoms with van der Waals surface area (Å²) < 4.78 is 5.85. The van der Waals surface area contributed by atoms with E-state index in [4.69, 9.17) is 22.2 Å². The fourth-order valence-electron chi connectivity index (χ4n) is 3.95. The maximum Gasteiger partial charge on any atom is 0.345 e. The minimum absolute atomic E-state index is 0.0620. The van der Waals surface area contributed by atoms with E-state index in [0.717, 1.165) is 15.5 Å². The molecule has 1 fully saturated rings. The number of allylic oxidation sites excluding steroid dienone is 1. The highest BCUT2D eigenvalue weighted by atomic mass is 35.5. The molecule has 0 saturated carbocycles. The van der Waals surface area contributed by atoms with Crippen LogP contribution in [0.2, 0.25) is 5.02 Å². The monoisotopic (exact) mass is 553 g/mol. The van der Waals surface area contributed by atoms with E-state index in [2.05, 4.69) is 15.8 Å². The lowest BCUT2D eigenvalue weighted by Gasteiger charge is -2.45. The summed E-state index contributed by atoms with van der Waals surface area (Å²) in [5, 5.41) is 10.1. The topological polar surface area (TPSA) is 150 Å². The predicted octanol–water partition coefficient (Wildman–Crippen LogP) is 3.97. The van der Waals surface area contributed by atoms with E-state index in [-0.39, 0.29) is 19.1 Å². The molecule has 2 aromatic rings. The molecule has 3 atom stereocenters. The number of nitroso groups, excluding NO2 is 1. The van der Waals surface area contributed by atoms with Crippen LogP contribution in [0, 0.1) is 10.8 Å². The number of urea groups is 2. The Balaban J connectivity index is 1.55. The van der Waals surface area contributed by atoms with Gasteiger partial charge in [-0.2, -0.15) is 0 Å². The smallest absolute Gasteiger partial charge is 0.345 e. The number of ether oxygens (including phenoxy) is 1. The van der Waals surface area contributed by atoms with Crippen LogP contribution in [-0.2, 0) is 11.3 Å². The van der Waals surface area contributed by atoms with Gasteiger partial charge in [0.25, 0.3) is 5.91 Å². The second kappa shape index (κ2) is 12.0. The van der Waals surface area contributed by atoms with Crippen LogP contribution in [-0.4, -0.2) is 51.7 Å². The molecule has 0 radical (unpaired) electrons. The number of benzene rings is 2. The normalized spacial score (nSPS) is 19.8. The molecule has 0 aliphatic carbocycles. The van der Waals surface area contributed by atoms with E-state index in [1.165, 1.54) is 11.8 Å². The number of imide groups is 1. The fourth-order valence-corrected chi connectivity index (χ4v) is 4.07. The molecule has 12 nitrogen and oxygen atoms in total. The number of nitrogens with two attached hydrogens (primary N) is 1. The summed E-state index contributed by atoms with van der Waals surface area (Å²) in [4.78, 5) is 51.2. The second-order valence-electron chi connectivity index (χ2n) is 9.17. The van der Waals surface area contributed by atoms with Crippen LogP contribution >= 0.6 is 11.6 Å². The van der Waals surface area contributed by atoms with Crippen molar-refractivity contribution in [1.82, 2.24) is 20.1 Å². The summed E-state index contributed by atoms with van der Waals surface area (Å²) in [5.74, 6) is 5.45. The molecule has 2 aliphatic heterocycles. The number of hydrogen-bond acceptors (Lipinski definition) is 8. The lowest BCUT2D eigenvalue weighted by atomic mass is 10.1. The number of hydrogen-bond donors (Lipinski definition) is 3. The van der Waals surface area contributed by atoms with Gasteiger partial charge in [-0.1, -0.05) is 36.7 Å². The van der Waals surface area contributed by atoms with Crippen molar-refractivity contribution in [2.24, 2.45) is 16.9 Å². The van der Waals surface area contributed by atoms with Crippen molar-refractivity contribution in [1.29, 1.82) is 0 Å². The Kier molecular flexibility index (Phi) is 8.47. The van der Waals surface area contributed by atoms with Gasteiger partial charge in [0.1, 0.15) is 11.5 Å². The van der Waals surface area contributed by atoms with Crippen molar-refractivity contribution >= 4 is 35.3 Å². The molecule has 5 amide bonds. The van der Waals surface area contributed by atoms with Crippen LogP contribution < -0.4 is 21.2 Å². The lowest BCUT2D eigenvalue weighted by Crippen LogP contribution is -2.70. The number of carbonyl (C=O) groups excluding carboxylic acids is 3. The summed E-state index contributed by atoms with van der Waals surface area (Å²) in [6.07, 6.45) is 4.55. The summed E-state index contributed by atoms with van der Waals surface area (Å²) in [6.45, 7) is 3.12. The molecule has 4 N–H and O–H groups in total.